The lowest BCUT2D eigenvalue weighted by atomic mass is 10.2. The molecule has 1 aromatic carbocycles. The molecule has 0 aliphatic carbocycles. The quantitative estimate of drug-likeness (QED) is 0.336. The zero-order chi connectivity index (χ0) is 20.7. The van der Waals surface area contributed by atoms with Gasteiger partial charge in [0.05, 0.1) is 5.69 Å². The van der Waals surface area contributed by atoms with Crippen LogP contribution in [0.4, 0.5) is 0 Å². The molecule has 0 atom stereocenters. The molecule has 2 rings (SSSR count). The van der Waals surface area contributed by atoms with E-state index in [1.165, 1.54) is 10.5 Å². The lowest BCUT2D eigenvalue weighted by Crippen LogP contribution is -2.36. The van der Waals surface area contributed by atoms with Crippen molar-refractivity contribution in [3.05, 3.63) is 46.8 Å². The molecule has 1 amide bonds. The maximum Gasteiger partial charge on any atom is 0.259 e. The zero-order valence-electron chi connectivity index (χ0n) is 17.9. The van der Waals surface area contributed by atoms with Crippen LogP contribution in [0.3, 0.4) is 0 Å². The van der Waals surface area contributed by atoms with Gasteiger partial charge in [0, 0.05) is 52.5 Å². The van der Waals surface area contributed by atoms with Crippen molar-refractivity contribution in [2.45, 2.75) is 26.9 Å². The number of carbonyl (C=O) groups excluding carboxylic acids is 1. The van der Waals surface area contributed by atoms with E-state index >= 15 is 0 Å². The van der Waals surface area contributed by atoms with E-state index in [1.807, 2.05) is 42.9 Å². The summed E-state index contributed by atoms with van der Waals surface area (Å²) < 4.78 is 7.45. The van der Waals surface area contributed by atoms with E-state index in [-0.39, 0.29) is 36.5 Å². The predicted molar refractivity (Wildman–Crippen MR) is 126 cm³/mol. The molecule has 0 saturated heterocycles. The van der Waals surface area contributed by atoms with Crippen LogP contribution in [-0.2, 0) is 24.9 Å². The summed E-state index contributed by atoms with van der Waals surface area (Å²) in [4.78, 5) is 17.4. The van der Waals surface area contributed by atoms with E-state index in [0.29, 0.717) is 24.8 Å². The number of aromatic nitrogens is 2. The van der Waals surface area contributed by atoms with Gasteiger partial charge in [-0.25, -0.2) is 0 Å². The Kier molecular flexibility index (Phi) is 9.93. The minimum Gasteiger partial charge on any atom is -0.484 e. The van der Waals surface area contributed by atoms with Gasteiger partial charge in [-0.1, -0.05) is 12.1 Å². The van der Waals surface area contributed by atoms with Gasteiger partial charge in [0.15, 0.2) is 12.6 Å². The number of hydrogen-bond donors (Lipinski definition) is 2. The summed E-state index contributed by atoms with van der Waals surface area (Å²) in [6.07, 6.45) is 0. The third-order valence-electron chi connectivity index (χ3n) is 4.53. The number of ether oxygens (including phenoxy) is 1. The normalized spacial score (nSPS) is 10.9. The van der Waals surface area contributed by atoms with Crippen LogP contribution in [-0.4, -0.2) is 54.3 Å². The molecule has 0 aliphatic rings. The van der Waals surface area contributed by atoms with Crippen LogP contribution >= 0.6 is 24.0 Å². The van der Waals surface area contributed by atoms with Crippen LogP contribution in [0.1, 0.15) is 22.5 Å². The van der Waals surface area contributed by atoms with E-state index in [1.54, 1.807) is 21.1 Å². The standard InChI is InChI=1S/C20H30N6O2.HI/c1-14-18(15(2)26(6)24-14)12-23-20(21-3)22-11-16-8-7-9-17(10-16)28-13-19(27)25(4)5;/h7-10H,11-13H2,1-6H3,(H2,21,22,23);1H. The van der Waals surface area contributed by atoms with Gasteiger partial charge in [-0.3, -0.25) is 14.5 Å². The van der Waals surface area contributed by atoms with Gasteiger partial charge in [0.2, 0.25) is 0 Å². The zero-order valence-corrected chi connectivity index (χ0v) is 20.3. The molecule has 0 bridgehead atoms. The first-order valence-electron chi connectivity index (χ1n) is 9.17. The number of benzene rings is 1. The lowest BCUT2D eigenvalue weighted by Gasteiger charge is -2.14. The molecule has 0 fully saturated rings. The molecule has 0 radical (unpaired) electrons. The van der Waals surface area contributed by atoms with Gasteiger partial charge in [-0.05, 0) is 31.5 Å². The molecule has 0 aliphatic heterocycles. The predicted octanol–water partition coefficient (Wildman–Crippen LogP) is 1.99. The molecule has 9 heteroatoms. The Hall–Kier alpha value is -2.30. The summed E-state index contributed by atoms with van der Waals surface area (Å²) in [7, 11) is 7.10. The highest BCUT2D eigenvalue weighted by Crippen LogP contribution is 2.14. The largest absolute Gasteiger partial charge is 0.484 e. The number of halogens is 1. The monoisotopic (exact) mass is 514 g/mol. The van der Waals surface area contributed by atoms with Crippen molar-refractivity contribution in [2.75, 3.05) is 27.7 Å². The highest BCUT2D eigenvalue weighted by Gasteiger charge is 2.10. The van der Waals surface area contributed by atoms with Gasteiger partial charge >= 0.3 is 0 Å². The van der Waals surface area contributed by atoms with Crippen molar-refractivity contribution in [3.8, 4) is 5.75 Å². The Bertz CT molecular complexity index is 847. The van der Waals surface area contributed by atoms with E-state index in [0.717, 1.165) is 17.0 Å². The van der Waals surface area contributed by atoms with E-state index in [2.05, 4.69) is 27.6 Å². The fourth-order valence-corrected chi connectivity index (χ4v) is 2.67. The van der Waals surface area contributed by atoms with Crippen molar-refractivity contribution in [2.24, 2.45) is 12.0 Å². The number of aryl methyl sites for hydroxylation is 2. The van der Waals surface area contributed by atoms with Gasteiger partial charge < -0.3 is 20.3 Å². The average Bonchev–Trinajstić information content (AvgIpc) is 2.92. The van der Waals surface area contributed by atoms with Crippen molar-refractivity contribution in [3.63, 3.8) is 0 Å². The second-order valence-corrected chi connectivity index (χ2v) is 6.78. The van der Waals surface area contributed by atoms with Crippen LogP contribution in [0.15, 0.2) is 29.3 Å². The molecule has 0 saturated carbocycles. The number of amides is 1. The molecule has 160 valence electrons. The number of rotatable bonds is 7. The number of hydrogen-bond acceptors (Lipinski definition) is 4. The Labute approximate surface area is 189 Å². The SMILES string of the molecule is CN=C(NCc1cccc(OCC(=O)N(C)C)c1)NCc1c(C)nn(C)c1C.I. The molecule has 1 heterocycles. The molecule has 2 N–H and O–H groups in total. The van der Waals surface area contributed by atoms with E-state index in [9.17, 15) is 4.79 Å². The Morgan fingerprint density at radius 1 is 1.24 bits per heavy atom. The highest BCUT2D eigenvalue weighted by molar-refractivity contribution is 14.0. The van der Waals surface area contributed by atoms with Gasteiger partial charge in [-0.2, -0.15) is 5.10 Å². The minimum atomic E-state index is -0.0749. The van der Waals surface area contributed by atoms with Crippen LogP contribution in [0, 0.1) is 13.8 Å². The first-order chi connectivity index (χ1) is 13.3. The number of nitrogens with one attached hydrogen (secondary N) is 2. The number of guanidine groups is 1. The molecule has 2 aromatic rings. The summed E-state index contributed by atoms with van der Waals surface area (Å²) in [6.45, 7) is 5.33. The number of carbonyl (C=O) groups is 1. The summed E-state index contributed by atoms with van der Waals surface area (Å²) in [6, 6.07) is 7.66. The third kappa shape index (κ3) is 7.22. The van der Waals surface area contributed by atoms with Gasteiger partial charge in [0.25, 0.3) is 5.91 Å². The number of aliphatic imine (C=N–C) groups is 1. The lowest BCUT2D eigenvalue weighted by molar-refractivity contribution is -0.130. The fourth-order valence-electron chi connectivity index (χ4n) is 2.67. The second-order valence-electron chi connectivity index (χ2n) is 6.78. The van der Waals surface area contributed by atoms with E-state index in [4.69, 9.17) is 4.74 Å². The number of nitrogens with zero attached hydrogens (tertiary/aromatic N) is 4. The molecule has 0 unspecified atom stereocenters. The van der Waals surface area contributed by atoms with Gasteiger partial charge in [0.1, 0.15) is 5.75 Å². The molecule has 29 heavy (non-hydrogen) atoms. The molecule has 0 spiro atoms. The van der Waals surface area contributed by atoms with Crippen LogP contribution in [0.25, 0.3) is 0 Å². The Morgan fingerprint density at radius 2 is 1.93 bits per heavy atom. The van der Waals surface area contributed by atoms with Crippen LogP contribution < -0.4 is 15.4 Å². The Balaban J connectivity index is 0.00000420. The molecular weight excluding hydrogens is 483 g/mol. The van der Waals surface area contributed by atoms with Gasteiger partial charge in [-0.15, -0.1) is 24.0 Å². The fraction of sp³-hybridized carbons (Fsp3) is 0.450. The summed E-state index contributed by atoms with van der Waals surface area (Å²) in [5, 5.41) is 11.0. The third-order valence-corrected chi connectivity index (χ3v) is 4.53. The maximum absolute atomic E-state index is 11.7. The molecule has 8 nitrogen and oxygen atoms in total. The Morgan fingerprint density at radius 3 is 2.52 bits per heavy atom. The summed E-state index contributed by atoms with van der Waals surface area (Å²) in [5.41, 5.74) is 4.36. The summed E-state index contributed by atoms with van der Waals surface area (Å²) >= 11 is 0. The van der Waals surface area contributed by atoms with Crippen molar-refractivity contribution in [1.82, 2.24) is 25.3 Å². The minimum absolute atomic E-state index is 0. The highest BCUT2D eigenvalue weighted by atomic mass is 127. The van der Waals surface area contributed by atoms with Crippen molar-refractivity contribution >= 4 is 35.8 Å². The van der Waals surface area contributed by atoms with Crippen molar-refractivity contribution in [1.29, 1.82) is 0 Å². The first kappa shape index (κ1) is 24.7. The average molecular weight is 514 g/mol. The number of likely N-dealkylation sites (N-methyl/N-ethyl adjacent to an activating group) is 1. The van der Waals surface area contributed by atoms with E-state index < -0.39 is 0 Å². The molecular formula is C20H31IN6O2. The van der Waals surface area contributed by atoms with Crippen LogP contribution in [0.2, 0.25) is 0 Å². The topological polar surface area (TPSA) is 83.8 Å². The second kappa shape index (κ2) is 11.6. The van der Waals surface area contributed by atoms with Crippen LogP contribution in [0.5, 0.6) is 5.75 Å². The van der Waals surface area contributed by atoms with Crippen molar-refractivity contribution < 1.29 is 9.53 Å². The summed E-state index contributed by atoms with van der Waals surface area (Å²) in [5.74, 6) is 1.30. The smallest absolute Gasteiger partial charge is 0.259 e. The molecule has 1 aromatic heterocycles. The first-order valence-corrected chi connectivity index (χ1v) is 9.17. The maximum atomic E-state index is 11.7.